The number of nitrogens with one attached hydrogen (secondary N) is 1. The number of aryl methyl sites for hydroxylation is 1. The molecule has 0 amide bonds. The van der Waals surface area contributed by atoms with E-state index in [0.717, 1.165) is 18.2 Å². The van der Waals surface area contributed by atoms with E-state index in [1.807, 2.05) is 6.92 Å². The molecule has 20 heavy (non-hydrogen) atoms. The Bertz CT molecular complexity index is 609. The maximum absolute atomic E-state index is 14.2. The van der Waals surface area contributed by atoms with Crippen LogP contribution in [0.2, 0.25) is 0 Å². The van der Waals surface area contributed by atoms with Crippen molar-refractivity contribution >= 4 is 0 Å². The Balaban J connectivity index is 2.56. The summed E-state index contributed by atoms with van der Waals surface area (Å²) in [7, 11) is 0. The van der Waals surface area contributed by atoms with Crippen molar-refractivity contribution in [1.29, 1.82) is 0 Å². The van der Waals surface area contributed by atoms with Crippen LogP contribution in [-0.4, -0.2) is 6.54 Å². The van der Waals surface area contributed by atoms with Gasteiger partial charge in [0, 0.05) is 11.1 Å². The minimum absolute atomic E-state index is 0.108. The SMILES string of the molecule is CCNC(c1cc(F)ccc1F)c1cccc(C)c1F. The molecule has 0 saturated heterocycles. The van der Waals surface area contributed by atoms with Gasteiger partial charge in [0.25, 0.3) is 0 Å². The predicted molar refractivity (Wildman–Crippen MR) is 73.0 cm³/mol. The zero-order valence-corrected chi connectivity index (χ0v) is 11.4. The van der Waals surface area contributed by atoms with Crippen LogP contribution in [0.5, 0.6) is 0 Å². The third-order valence-electron chi connectivity index (χ3n) is 3.21. The molecule has 0 heterocycles. The topological polar surface area (TPSA) is 12.0 Å². The highest BCUT2D eigenvalue weighted by atomic mass is 19.1. The Hall–Kier alpha value is -1.81. The highest BCUT2D eigenvalue weighted by Gasteiger charge is 2.21. The average molecular weight is 279 g/mol. The van der Waals surface area contributed by atoms with Crippen LogP contribution in [0.3, 0.4) is 0 Å². The van der Waals surface area contributed by atoms with Gasteiger partial charge in [-0.05, 0) is 37.2 Å². The first-order valence-electron chi connectivity index (χ1n) is 6.48. The van der Waals surface area contributed by atoms with Gasteiger partial charge >= 0.3 is 0 Å². The molecule has 2 aromatic carbocycles. The summed E-state index contributed by atoms with van der Waals surface area (Å²) in [5.41, 5.74) is 0.898. The number of halogens is 3. The molecule has 1 atom stereocenters. The lowest BCUT2D eigenvalue weighted by Crippen LogP contribution is -2.24. The van der Waals surface area contributed by atoms with Gasteiger partial charge in [0.05, 0.1) is 6.04 Å². The fraction of sp³-hybridized carbons (Fsp3) is 0.250. The Morgan fingerprint density at radius 2 is 1.80 bits per heavy atom. The molecule has 1 nitrogen and oxygen atoms in total. The zero-order valence-electron chi connectivity index (χ0n) is 11.4. The summed E-state index contributed by atoms with van der Waals surface area (Å²) in [6, 6.07) is 7.43. The molecule has 4 heteroatoms. The zero-order chi connectivity index (χ0) is 14.7. The Labute approximate surface area is 116 Å². The van der Waals surface area contributed by atoms with E-state index in [4.69, 9.17) is 0 Å². The van der Waals surface area contributed by atoms with Crippen molar-refractivity contribution < 1.29 is 13.2 Å². The van der Waals surface area contributed by atoms with Gasteiger partial charge in [-0.2, -0.15) is 0 Å². The van der Waals surface area contributed by atoms with Crippen LogP contribution in [0, 0.1) is 24.4 Å². The molecule has 2 aromatic rings. The smallest absolute Gasteiger partial charge is 0.131 e. The van der Waals surface area contributed by atoms with Crippen molar-refractivity contribution in [3.05, 3.63) is 70.5 Å². The molecule has 2 rings (SSSR count). The summed E-state index contributed by atoms with van der Waals surface area (Å²) < 4.78 is 41.5. The van der Waals surface area contributed by atoms with Gasteiger partial charge in [0.15, 0.2) is 0 Å². The van der Waals surface area contributed by atoms with Crippen molar-refractivity contribution in [2.24, 2.45) is 0 Å². The van der Waals surface area contributed by atoms with Crippen molar-refractivity contribution in [2.45, 2.75) is 19.9 Å². The number of benzene rings is 2. The van der Waals surface area contributed by atoms with Crippen LogP contribution in [0.25, 0.3) is 0 Å². The Morgan fingerprint density at radius 3 is 2.50 bits per heavy atom. The van der Waals surface area contributed by atoms with Crippen LogP contribution < -0.4 is 5.32 Å². The second kappa shape index (κ2) is 6.09. The lowest BCUT2D eigenvalue weighted by atomic mass is 9.96. The van der Waals surface area contributed by atoms with E-state index in [0.29, 0.717) is 17.7 Å². The molecule has 0 radical (unpaired) electrons. The van der Waals surface area contributed by atoms with Crippen LogP contribution in [0.1, 0.15) is 29.7 Å². The van der Waals surface area contributed by atoms with E-state index in [9.17, 15) is 13.2 Å². The largest absolute Gasteiger partial charge is 0.306 e. The molecular weight excluding hydrogens is 263 g/mol. The second-order valence-electron chi connectivity index (χ2n) is 4.63. The van der Waals surface area contributed by atoms with Crippen LogP contribution >= 0.6 is 0 Å². The van der Waals surface area contributed by atoms with E-state index < -0.39 is 23.5 Å². The molecule has 1 N–H and O–H groups in total. The molecule has 106 valence electrons. The number of hydrogen-bond acceptors (Lipinski definition) is 1. The Kier molecular flexibility index (Phi) is 4.45. The summed E-state index contributed by atoms with van der Waals surface area (Å²) in [6.45, 7) is 3.98. The maximum atomic E-state index is 14.2. The minimum atomic E-state index is -0.712. The van der Waals surface area contributed by atoms with Gasteiger partial charge in [-0.15, -0.1) is 0 Å². The summed E-state index contributed by atoms with van der Waals surface area (Å²) in [6.07, 6.45) is 0. The first-order valence-corrected chi connectivity index (χ1v) is 6.48. The van der Waals surface area contributed by atoms with Gasteiger partial charge in [0.2, 0.25) is 0 Å². The van der Waals surface area contributed by atoms with Crippen molar-refractivity contribution in [1.82, 2.24) is 5.32 Å². The lowest BCUT2D eigenvalue weighted by Gasteiger charge is -2.21. The van der Waals surface area contributed by atoms with E-state index in [1.165, 1.54) is 0 Å². The number of hydrogen-bond donors (Lipinski definition) is 1. The van der Waals surface area contributed by atoms with Crippen molar-refractivity contribution in [3.8, 4) is 0 Å². The Morgan fingerprint density at radius 1 is 1.05 bits per heavy atom. The average Bonchev–Trinajstić information content (AvgIpc) is 2.43. The summed E-state index contributed by atoms with van der Waals surface area (Å²) in [5.74, 6) is -1.50. The molecule has 0 spiro atoms. The van der Waals surface area contributed by atoms with Crippen molar-refractivity contribution in [3.63, 3.8) is 0 Å². The quantitative estimate of drug-likeness (QED) is 0.888. The lowest BCUT2D eigenvalue weighted by molar-refractivity contribution is 0.520. The van der Waals surface area contributed by atoms with E-state index >= 15 is 0 Å². The molecule has 1 unspecified atom stereocenters. The van der Waals surface area contributed by atoms with Crippen LogP contribution in [0.4, 0.5) is 13.2 Å². The fourth-order valence-corrected chi connectivity index (χ4v) is 2.22. The molecule has 0 aliphatic heterocycles. The predicted octanol–water partition coefficient (Wildman–Crippen LogP) is 4.11. The van der Waals surface area contributed by atoms with Crippen molar-refractivity contribution in [2.75, 3.05) is 6.54 Å². The molecule has 0 aromatic heterocycles. The maximum Gasteiger partial charge on any atom is 0.131 e. The van der Waals surface area contributed by atoms with Gasteiger partial charge in [-0.3, -0.25) is 0 Å². The van der Waals surface area contributed by atoms with Gasteiger partial charge in [-0.25, -0.2) is 13.2 Å². The summed E-state index contributed by atoms with van der Waals surface area (Å²) in [4.78, 5) is 0. The molecular formula is C16H16F3N. The molecule has 0 aliphatic rings. The van der Waals surface area contributed by atoms with E-state index in [2.05, 4.69) is 5.32 Å². The molecule has 0 saturated carbocycles. The molecule has 0 bridgehead atoms. The van der Waals surface area contributed by atoms with E-state index in [-0.39, 0.29) is 5.56 Å². The highest BCUT2D eigenvalue weighted by Crippen LogP contribution is 2.28. The van der Waals surface area contributed by atoms with E-state index in [1.54, 1.807) is 25.1 Å². The van der Waals surface area contributed by atoms with Gasteiger partial charge in [0.1, 0.15) is 17.5 Å². The second-order valence-corrected chi connectivity index (χ2v) is 4.63. The standard InChI is InChI=1S/C16H16F3N/c1-3-20-16(12-6-4-5-10(2)15(12)19)13-9-11(17)7-8-14(13)18/h4-9,16,20H,3H2,1-2H3. The van der Waals surface area contributed by atoms with Gasteiger partial charge in [-0.1, -0.05) is 25.1 Å². The first-order chi connectivity index (χ1) is 9.54. The first kappa shape index (κ1) is 14.6. The fourth-order valence-electron chi connectivity index (χ4n) is 2.22. The summed E-state index contributed by atoms with van der Waals surface area (Å²) >= 11 is 0. The third-order valence-corrected chi connectivity index (χ3v) is 3.21. The minimum Gasteiger partial charge on any atom is -0.306 e. The molecule has 0 aliphatic carbocycles. The normalized spacial score (nSPS) is 12.4. The molecule has 0 fully saturated rings. The van der Waals surface area contributed by atoms with Gasteiger partial charge < -0.3 is 5.32 Å². The monoisotopic (exact) mass is 279 g/mol. The van der Waals surface area contributed by atoms with Crippen LogP contribution in [-0.2, 0) is 0 Å². The third kappa shape index (κ3) is 2.85. The highest BCUT2D eigenvalue weighted by molar-refractivity contribution is 5.36. The van der Waals surface area contributed by atoms with Crippen LogP contribution in [0.15, 0.2) is 36.4 Å². The number of rotatable bonds is 4. The summed E-state index contributed by atoms with van der Waals surface area (Å²) in [5, 5.41) is 3.00.